The second-order valence-electron chi connectivity index (χ2n) is 7.05. The Morgan fingerprint density at radius 3 is 2.61 bits per heavy atom. The first kappa shape index (κ1) is 20.5. The third kappa shape index (κ3) is 4.99. The molecule has 0 spiro atoms. The summed E-state index contributed by atoms with van der Waals surface area (Å²) in [6.45, 7) is -0.504. The number of anilines is 2. The first-order valence-corrected chi connectivity index (χ1v) is 10.1. The molecule has 0 aliphatic heterocycles. The molecule has 1 fully saturated rings. The van der Waals surface area contributed by atoms with E-state index < -0.39 is 12.7 Å². The maximum absolute atomic E-state index is 12.1. The number of rotatable bonds is 7. The molecule has 1 saturated carbocycles. The smallest absolute Gasteiger partial charge is 0.271 e. The van der Waals surface area contributed by atoms with Gasteiger partial charge in [0.25, 0.3) is 5.56 Å². The fraction of sp³-hybridized carbons (Fsp3) is 0.474. The zero-order valence-electron chi connectivity index (χ0n) is 15.5. The summed E-state index contributed by atoms with van der Waals surface area (Å²) in [6, 6.07) is 8.04. The van der Waals surface area contributed by atoms with Crippen LogP contribution in [0.15, 0.2) is 34.1 Å². The molecule has 3 rings (SSSR count). The summed E-state index contributed by atoms with van der Waals surface area (Å²) < 4.78 is 2.63. The van der Waals surface area contributed by atoms with E-state index in [-0.39, 0.29) is 29.6 Å². The first-order chi connectivity index (χ1) is 13.5. The van der Waals surface area contributed by atoms with Gasteiger partial charge in [0.05, 0.1) is 25.4 Å². The molecule has 1 aromatic heterocycles. The molecule has 2 aromatic rings. The van der Waals surface area contributed by atoms with Gasteiger partial charge in [0, 0.05) is 5.69 Å². The number of hydrogen-bond acceptors (Lipinski definition) is 7. The molecule has 0 bridgehead atoms. The highest BCUT2D eigenvalue weighted by molar-refractivity contribution is 7.10. The number of H-pyrrole nitrogens is 1. The topological polar surface area (TPSA) is 144 Å². The van der Waals surface area contributed by atoms with E-state index >= 15 is 0 Å². The second kappa shape index (κ2) is 9.33. The van der Waals surface area contributed by atoms with Crippen molar-refractivity contribution in [1.82, 2.24) is 4.37 Å². The highest BCUT2D eigenvalue weighted by Gasteiger charge is 2.21. The highest BCUT2D eigenvalue weighted by atomic mass is 32.1. The maximum Gasteiger partial charge on any atom is 0.271 e. The zero-order valence-corrected chi connectivity index (χ0v) is 16.3. The predicted octanol–water partition coefficient (Wildman–Crippen LogP) is 1.26. The number of amidine groups is 1. The molecule has 0 radical (unpaired) electrons. The molecular weight excluding hydrogens is 380 g/mol. The van der Waals surface area contributed by atoms with Crippen molar-refractivity contribution >= 4 is 28.1 Å². The van der Waals surface area contributed by atoms with Crippen LogP contribution in [-0.4, -0.2) is 50.9 Å². The molecule has 0 amide bonds. The van der Waals surface area contributed by atoms with Gasteiger partial charge in [-0.25, -0.2) is 0 Å². The maximum atomic E-state index is 12.1. The van der Waals surface area contributed by atoms with Gasteiger partial charge in [-0.1, -0.05) is 12.1 Å². The van der Waals surface area contributed by atoms with Crippen LogP contribution in [0.5, 0.6) is 0 Å². The van der Waals surface area contributed by atoms with Gasteiger partial charge >= 0.3 is 0 Å². The van der Waals surface area contributed by atoms with Crippen molar-refractivity contribution in [3.8, 4) is 0 Å². The summed E-state index contributed by atoms with van der Waals surface area (Å²) in [7, 11) is 0. The standard InChI is InChI=1S/C19H26N4O4S/c20-17(21-9-15(26)10-24)16-18(27)23-28-19(16)22-13-5-1-11(2-6-13)12-3-7-14(25)8-4-12/h1-2,5-6,12,14-15,22,24-26H,3-4,7-10H2,(H2,20,21)(H,23,27). The molecule has 0 saturated heterocycles. The lowest BCUT2D eigenvalue weighted by molar-refractivity contribution is 0.102. The number of hydrogen-bond donors (Lipinski definition) is 6. The molecule has 1 aromatic carbocycles. The van der Waals surface area contributed by atoms with E-state index in [1.165, 1.54) is 5.56 Å². The van der Waals surface area contributed by atoms with Gasteiger partial charge in [-0.15, -0.1) is 0 Å². The van der Waals surface area contributed by atoms with E-state index in [1.54, 1.807) is 0 Å². The molecule has 1 aliphatic rings. The van der Waals surface area contributed by atoms with E-state index in [0.29, 0.717) is 10.9 Å². The van der Waals surface area contributed by atoms with Crippen molar-refractivity contribution in [2.45, 2.75) is 43.8 Å². The Kier molecular flexibility index (Phi) is 6.84. The Bertz CT molecular complexity index is 854. The summed E-state index contributed by atoms with van der Waals surface area (Å²) in [5.74, 6) is 0.479. The van der Waals surface area contributed by atoms with E-state index in [0.717, 1.165) is 42.9 Å². The van der Waals surface area contributed by atoms with Gasteiger partial charge in [0.15, 0.2) is 0 Å². The van der Waals surface area contributed by atoms with Crippen molar-refractivity contribution in [1.29, 1.82) is 0 Å². The molecule has 8 nitrogen and oxygen atoms in total. The Labute approximate surface area is 166 Å². The number of aromatic amines is 1. The SMILES string of the molecule is NC(=NCC(O)CO)c1c(Nc2ccc(C3CCC(O)CC3)cc2)s[nH]c1=O. The number of nitrogens with zero attached hydrogens (tertiary/aromatic N) is 1. The largest absolute Gasteiger partial charge is 0.394 e. The third-order valence-electron chi connectivity index (χ3n) is 4.98. The fourth-order valence-electron chi connectivity index (χ4n) is 3.34. The van der Waals surface area contributed by atoms with Crippen LogP contribution in [0, 0.1) is 0 Å². The lowest BCUT2D eigenvalue weighted by atomic mass is 9.83. The molecular formula is C19H26N4O4S. The van der Waals surface area contributed by atoms with Crippen molar-refractivity contribution in [2.75, 3.05) is 18.5 Å². The molecule has 7 N–H and O–H groups in total. The van der Waals surface area contributed by atoms with Crippen LogP contribution in [-0.2, 0) is 0 Å². The number of aliphatic imine (C=N–C) groups is 1. The molecule has 152 valence electrons. The van der Waals surface area contributed by atoms with Crippen LogP contribution >= 0.6 is 11.5 Å². The van der Waals surface area contributed by atoms with E-state index in [2.05, 4.69) is 26.8 Å². The van der Waals surface area contributed by atoms with Crippen molar-refractivity contribution in [3.63, 3.8) is 0 Å². The minimum atomic E-state index is -1.01. The predicted molar refractivity (Wildman–Crippen MR) is 111 cm³/mol. The van der Waals surface area contributed by atoms with Gasteiger partial charge < -0.3 is 26.4 Å². The molecule has 1 heterocycles. The van der Waals surface area contributed by atoms with Crippen molar-refractivity contribution < 1.29 is 15.3 Å². The minimum Gasteiger partial charge on any atom is -0.394 e. The first-order valence-electron chi connectivity index (χ1n) is 9.33. The minimum absolute atomic E-state index is 0.00915. The van der Waals surface area contributed by atoms with E-state index in [4.69, 9.17) is 10.8 Å². The summed E-state index contributed by atoms with van der Waals surface area (Å²) >= 11 is 1.12. The molecule has 1 aliphatic carbocycles. The number of benzene rings is 1. The highest BCUT2D eigenvalue weighted by Crippen LogP contribution is 2.33. The summed E-state index contributed by atoms with van der Waals surface area (Å²) in [5.41, 5.74) is 7.85. The average Bonchev–Trinajstić information content (AvgIpc) is 3.07. The van der Waals surface area contributed by atoms with Crippen molar-refractivity contribution in [2.24, 2.45) is 10.7 Å². The zero-order chi connectivity index (χ0) is 20.1. The molecule has 1 atom stereocenters. The third-order valence-corrected chi connectivity index (χ3v) is 5.77. The number of aromatic nitrogens is 1. The van der Waals surface area contributed by atoms with Gasteiger partial charge in [-0.2, -0.15) is 0 Å². The van der Waals surface area contributed by atoms with Crippen LogP contribution in [0.2, 0.25) is 0 Å². The van der Waals surface area contributed by atoms with Crippen molar-refractivity contribution in [3.05, 3.63) is 45.7 Å². The van der Waals surface area contributed by atoms with Gasteiger partial charge in [0.1, 0.15) is 16.4 Å². The second-order valence-corrected chi connectivity index (χ2v) is 7.87. The lowest BCUT2D eigenvalue weighted by Crippen LogP contribution is -2.25. The van der Waals surface area contributed by atoms with E-state index in [9.17, 15) is 15.0 Å². The molecule has 1 unspecified atom stereocenters. The Morgan fingerprint density at radius 1 is 1.29 bits per heavy atom. The molecule has 9 heteroatoms. The number of aliphatic hydroxyl groups is 3. The van der Waals surface area contributed by atoms with Crippen LogP contribution in [0.4, 0.5) is 10.7 Å². The number of nitrogens with two attached hydrogens (primary N) is 1. The Morgan fingerprint density at radius 2 is 1.96 bits per heavy atom. The van der Waals surface area contributed by atoms with Gasteiger partial charge in [0.2, 0.25) is 0 Å². The lowest BCUT2D eigenvalue weighted by Gasteiger charge is -2.25. The average molecular weight is 407 g/mol. The van der Waals surface area contributed by atoms with Crippen LogP contribution in [0.25, 0.3) is 0 Å². The monoisotopic (exact) mass is 406 g/mol. The number of aliphatic hydroxyl groups excluding tert-OH is 3. The summed E-state index contributed by atoms with van der Waals surface area (Å²) in [6.07, 6.45) is 2.48. The van der Waals surface area contributed by atoms with Crippen LogP contribution < -0.4 is 16.6 Å². The molecule has 28 heavy (non-hydrogen) atoms. The Hall–Kier alpha value is -2.20. The number of nitrogens with one attached hydrogen (secondary N) is 2. The normalized spacial score (nSPS) is 21.5. The Balaban J connectivity index is 1.71. The van der Waals surface area contributed by atoms with E-state index in [1.807, 2.05) is 12.1 Å². The van der Waals surface area contributed by atoms with Crippen LogP contribution in [0.3, 0.4) is 0 Å². The summed E-state index contributed by atoms with van der Waals surface area (Å²) in [5, 5.41) is 31.6. The quantitative estimate of drug-likeness (QED) is 0.302. The van der Waals surface area contributed by atoms with Crippen LogP contribution in [0.1, 0.15) is 42.7 Å². The van der Waals surface area contributed by atoms with Gasteiger partial charge in [-0.05, 0) is 60.8 Å². The van der Waals surface area contributed by atoms with Gasteiger partial charge in [-0.3, -0.25) is 14.2 Å². The summed E-state index contributed by atoms with van der Waals surface area (Å²) in [4.78, 5) is 16.1. The fourth-order valence-corrected chi connectivity index (χ4v) is 4.11.